The predicted octanol–water partition coefficient (Wildman–Crippen LogP) is 1.78. The van der Waals surface area contributed by atoms with Crippen molar-refractivity contribution in [2.75, 3.05) is 44.7 Å². The number of benzene rings is 1. The Morgan fingerprint density at radius 2 is 2.16 bits per heavy atom. The first-order valence-electron chi connectivity index (χ1n) is 6.23. The van der Waals surface area contributed by atoms with Gasteiger partial charge in [0.2, 0.25) is 0 Å². The average molecular weight is 285 g/mol. The molecule has 0 aliphatic carbocycles. The average Bonchev–Trinajstić information content (AvgIpc) is 2.39. The highest BCUT2D eigenvalue weighted by Crippen LogP contribution is 2.20. The van der Waals surface area contributed by atoms with E-state index in [0.29, 0.717) is 17.3 Å². The Labute approximate surface area is 117 Å². The number of carbonyl (C=O) groups is 1. The molecule has 1 saturated heterocycles. The van der Waals surface area contributed by atoms with E-state index in [2.05, 4.69) is 10.2 Å². The van der Waals surface area contributed by atoms with Crippen LogP contribution in [0.3, 0.4) is 0 Å². The van der Waals surface area contributed by atoms with Crippen LogP contribution < -0.4 is 5.32 Å². The SMILES string of the molecule is O=C(O)c1ccc(Cl)cc1NCCN1CCOCC1. The van der Waals surface area contributed by atoms with Gasteiger partial charge in [-0.2, -0.15) is 0 Å². The summed E-state index contributed by atoms with van der Waals surface area (Å²) in [6, 6.07) is 4.74. The third-order valence-corrected chi connectivity index (χ3v) is 3.29. The normalized spacial score (nSPS) is 16.3. The summed E-state index contributed by atoms with van der Waals surface area (Å²) in [7, 11) is 0. The smallest absolute Gasteiger partial charge is 0.337 e. The summed E-state index contributed by atoms with van der Waals surface area (Å²) < 4.78 is 5.27. The number of morpholine rings is 1. The fraction of sp³-hybridized carbons (Fsp3) is 0.462. The van der Waals surface area contributed by atoms with Crippen LogP contribution >= 0.6 is 11.6 Å². The van der Waals surface area contributed by atoms with Crippen LogP contribution in [0.4, 0.5) is 5.69 Å². The molecule has 19 heavy (non-hydrogen) atoms. The van der Waals surface area contributed by atoms with Gasteiger partial charge in [-0.3, -0.25) is 4.90 Å². The third kappa shape index (κ3) is 4.09. The molecule has 1 fully saturated rings. The molecule has 5 nitrogen and oxygen atoms in total. The number of ether oxygens (including phenoxy) is 1. The fourth-order valence-corrected chi connectivity index (χ4v) is 2.19. The molecule has 6 heteroatoms. The molecule has 1 aliphatic rings. The first-order valence-corrected chi connectivity index (χ1v) is 6.61. The number of halogens is 1. The van der Waals surface area contributed by atoms with Crippen molar-refractivity contribution in [2.45, 2.75) is 0 Å². The van der Waals surface area contributed by atoms with Crippen LogP contribution in [-0.4, -0.2) is 55.4 Å². The Kier molecular flexibility index (Phi) is 5.01. The molecule has 0 atom stereocenters. The van der Waals surface area contributed by atoms with Crippen molar-refractivity contribution in [3.8, 4) is 0 Å². The lowest BCUT2D eigenvalue weighted by atomic mass is 10.2. The molecule has 0 unspecified atom stereocenters. The van der Waals surface area contributed by atoms with Gasteiger partial charge in [0.15, 0.2) is 0 Å². The molecule has 0 spiro atoms. The molecule has 0 aromatic heterocycles. The van der Waals surface area contributed by atoms with Gasteiger partial charge in [0.25, 0.3) is 0 Å². The zero-order valence-corrected chi connectivity index (χ0v) is 11.3. The van der Waals surface area contributed by atoms with E-state index in [9.17, 15) is 4.79 Å². The van der Waals surface area contributed by atoms with Gasteiger partial charge in [-0.1, -0.05) is 11.6 Å². The molecule has 1 aliphatic heterocycles. The minimum Gasteiger partial charge on any atom is -0.478 e. The minimum absolute atomic E-state index is 0.242. The van der Waals surface area contributed by atoms with Gasteiger partial charge >= 0.3 is 5.97 Å². The number of aromatic carboxylic acids is 1. The van der Waals surface area contributed by atoms with E-state index >= 15 is 0 Å². The molecule has 0 radical (unpaired) electrons. The number of nitrogens with one attached hydrogen (secondary N) is 1. The maximum Gasteiger partial charge on any atom is 0.337 e. The topological polar surface area (TPSA) is 61.8 Å². The van der Waals surface area contributed by atoms with E-state index in [0.717, 1.165) is 32.8 Å². The highest BCUT2D eigenvalue weighted by atomic mass is 35.5. The third-order valence-electron chi connectivity index (χ3n) is 3.06. The Hall–Kier alpha value is -1.30. The minimum atomic E-state index is -0.953. The zero-order valence-electron chi connectivity index (χ0n) is 10.6. The van der Waals surface area contributed by atoms with Crippen molar-refractivity contribution in [1.82, 2.24) is 4.90 Å². The summed E-state index contributed by atoms with van der Waals surface area (Å²) in [6.45, 7) is 4.90. The molecular formula is C13H17ClN2O3. The first kappa shape index (κ1) is 14.1. The van der Waals surface area contributed by atoms with E-state index in [-0.39, 0.29) is 5.56 Å². The lowest BCUT2D eigenvalue weighted by molar-refractivity contribution is 0.0398. The molecule has 0 amide bonds. The number of carboxylic acids is 1. The Bertz CT molecular complexity index is 448. The Balaban J connectivity index is 1.91. The molecular weight excluding hydrogens is 268 g/mol. The van der Waals surface area contributed by atoms with Gasteiger partial charge in [-0.15, -0.1) is 0 Å². The van der Waals surface area contributed by atoms with Crippen molar-refractivity contribution in [2.24, 2.45) is 0 Å². The lowest BCUT2D eigenvalue weighted by Gasteiger charge is -2.26. The van der Waals surface area contributed by atoms with E-state index in [1.807, 2.05) is 0 Å². The summed E-state index contributed by atoms with van der Waals surface area (Å²) in [6.07, 6.45) is 0. The van der Waals surface area contributed by atoms with Gasteiger partial charge in [-0.05, 0) is 18.2 Å². The van der Waals surface area contributed by atoms with Crippen molar-refractivity contribution in [3.63, 3.8) is 0 Å². The maximum absolute atomic E-state index is 11.1. The summed E-state index contributed by atoms with van der Waals surface area (Å²) >= 11 is 5.89. The van der Waals surface area contributed by atoms with Gasteiger partial charge in [0.1, 0.15) is 0 Å². The number of anilines is 1. The maximum atomic E-state index is 11.1. The second-order valence-electron chi connectivity index (χ2n) is 4.38. The van der Waals surface area contributed by atoms with Gasteiger partial charge in [0, 0.05) is 31.2 Å². The molecule has 1 heterocycles. The van der Waals surface area contributed by atoms with Crippen molar-refractivity contribution >= 4 is 23.3 Å². The van der Waals surface area contributed by atoms with Crippen LogP contribution in [0.5, 0.6) is 0 Å². The van der Waals surface area contributed by atoms with Crippen molar-refractivity contribution < 1.29 is 14.6 Å². The second-order valence-corrected chi connectivity index (χ2v) is 4.81. The number of hydrogen-bond donors (Lipinski definition) is 2. The largest absolute Gasteiger partial charge is 0.478 e. The number of rotatable bonds is 5. The Morgan fingerprint density at radius 1 is 1.42 bits per heavy atom. The second kappa shape index (κ2) is 6.75. The van der Waals surface area contributed by atoms with Gasteiger partial charge in [0.05, 0.1) is 24.5 Å². The summed E-state index contributed by atoms with van der Waals surface area (Å²) in [5.41, 5.74) is 0.805. The van der Waals surface area contributed by atoms with Crippen LogP contribution in [0, 0.1) is 0 Å². The summed E-state index contributed by atoms with van der Waals surface area (Å²) in [5, 5.41) is 12.8. The van der Waals surface area contributed by atoms with Crippen LogP contribution in [0.25, 0.3) is 0 Å². The molecule has 0 bridgehead atoms. The highest BCUT2D eigenvalue weighted by molar-refractivity contribution is 6.31. The zero-order chi connectivity index (χ0) is 13.7. The summed E-state index contributed by atoms with van der Waals surface area (Å²) in [4.78, 5) is 13.4. The van der Waals surface area contributed by atoms with Gasteiger partial charge in [-0.25, -0.2) is 4.79 Å². The monoisotopic (exact) mass is 284 g/mol. The standard InChI is InChI=1S/C13H17ClN2O3/c14-10-1-2-11(13(17)18)12(9-10)15-3-4-16-5-7-19-8-6-16/h1-2,9,15H,3-8H2,(H,17,18). The van der Waals surface area contributed by atoms with Crippen LogP contribution in [0.15, 0.2) is 18.2 Å². The number of carboxylic acid groups (broad SMARTS) is 1. The lowest BCUT2D eigenvalue weighted by Crippen LogP contribution is -2.39. The molecule has 1 aromatic carbocycles. The molecule has 0 saturated carbocycles. The molecule has 2 rings (SSSR count). The van der Waals surface area contributed by atoms with Crippen LogP contribution in [-0.2, 0) is 4.74 Å². The van der Waals surface area contributed by atoms with Crippen LogP contribution in [0.2, 0.25) is 5.02 Å². The van der Waals surface area contributed by atoms with Crippen molar-refractivity contribution in [3.05, 3.63) is 28.8 Å². The van der Waals surface area contributed by atoms with E-state index < -0.39 is 5.97 Å². The summed E-state index contributed by atoms with van der Waals surface area (Å²) in [5.74, 6) is -0.953. The van der Waals surface area contributed by atoms with Gasteiger partial charge < -0.3 is 15.2 Å². The molecule has 1 aromatic rings. The number of hydrogen-bond acceptors (Lipinski definition) is 4. The quantitative estimate of drug-likeness (QED) is 0.863. The molecule has 2 N–H and O–H groups in total. The number of nitrogens with zero attached hydrogens (tertiary/aromatic N) is 1. The van der Waals surface area contributed by atoms with E-state index in [4.69, 9.17) is 21.4 Å². The fourth-order valence-electron chi connectivity index (χ4n) is 2.02. The van der Waals surface area contributed by atoms with E-state index in [1.165, 1.54) is 6.07 Å². The Morgan fingerprint density at radius 3 is 2.84 bits per heavy atom. The van der Waals surface area contributed by atoms with E-state index in [1.54, 1.807) is 12.1 Å². The predicted molar refractivity (Wildman–Crippen MR) is 74.2 cm³/mol. The highest BCUT2D eigenvalue weighted by Gasteiger charge is 2.12. The first-order chi connectivity index (χ1) is 9.16. The van der Waals surface area contributed by atoms with Crippen LogP contribution in [0.1, 0.15) is 10.4 Å². The van der Waals surface area contributed by atoms with Crippen molar-refractivity contribution in [1.29, 1.82) is 0 Å². The molecule has 104 valence electrons.